The molecule has 74 valence electrons. The van der Waals surface area contributed by atoms with Crippen LogP contribution in [0.2, 0.25) is 0 Å². The fraction of sp³-hybridized carbons (Fsp3) is 0.0833. The number of anilines is 1. The summed E-state index contributed by atoms with van der Waals surface area (Å²) in [5.41, 5.74) is 7.42. The Morgan fingerprint density at radius 1 is 1.20 bits per heavy atom. The van der Waals surface area contributed by atoms with Crippen molar-refractivity contribution in [3.63, 3.8) is 0 Å². The molecule has 3 heteroatoms. The number of hydrogen-bond acceptors (Lipinski definition) is 3. The molecule has 0 aliphatic carbocycles. The van der Waals surface area contributed by atoms with E-state index in [1.165, 1.54) is 0 Å². The summed E-state index contributed by atoms with van der Waals surface area (Å²) in [5, 5.41) is 2.12. The van der Waals surface area contributed by atoms with Gasteiger partial charge in [-0.2, -0.15) is 0 Å². The molecule has 0 aliphatic rings. The zero-order valence-corrected chi connectivity index (χ0v) is 8.32. The van der Waals surface area contributed by atoms with E-state index in [4.69, 9.17) is 10.2 Å². The second-order valence-corrected chi connectivity index (χ2v) is 3.61. The number of nitrogens with zero attached hydrogens (tertiary/aromatic N) is 1. The lowest BCUT2D eigenvalue weighted by Crippen LogP contribution is -1.91. The average Bonchev–Trinajstić information content (AvgIpc) is 2.61. The maximum atomic E-state index is 5.83. The van der Waals surface area contributed by atoms with Crippen LogP contribution in [-0.4, -0.2) is 4.98 Å². The van der Waals surface area contributed by atoms with Crippen molar-refractivity contribution < 1.29 is 4.42 Å². The SMILES string of the molecule is Cc1cc2c(o1)c(N)nc1ccccc12. The predicted octanol–water partition coefficient (Wildman–Crippen LogP) is 2.87. The highest BCUT2D eigenvalue weighted by Gasteiger charge is 2.09. The lowest BCUT2D eigenvalue weighted by atomic mass is 10.1. The van der Waals surface area contributed by atoms with Gasteiger partial charge in [0, 0.05) is 10.8 Å². The Morgan fingerprint density at radius 3 is 2.87 bits per heavy atom. The highest BCUT2D eigenvalue weighted by molar-refractivity contribution is 6.07. The number of furan rings is 1. The summed E-state index contributed by atoms with van der Waals surface area (Å²) >= 11 is 0. The van der Waals surface area contributed by atoms with Gasteiger partial charge in [-0.1, -0.05) is 18.2 Å². The minimum atomic E-state index is 0.455. The fourth-order valence-electron chi connectivity index (χ4n) is 1.88. The molecule has 2 N–H and O–H groups in total. The first-order chi connectivity index (χ1) is 7.25. The summed E-state index contributed by atoms with van der Waals surface area (Å²) < 4.78 is 5.52. The van der Waals surface area contributed by atoms with Crippen LogP contribution in [0.3, 0.4) is 0 Å². The van der Waals surface area contributed by atoms with Gasteiger partial charge in [-0.05, 0) is 19.1 Å². The Bertz CT molecular complexity index is 655. The molecular formula is C12H10N2O. The van der Waals surface area contributed by atoms with Crippen molar-refractivity contribution in [1.29, 1.82) is 0 Å². The molecule has 3 rings (SSSR count). The second kappa shape index (κ2) is 2.73. The van der Waals surface area contributed by atoms with Gasteiger partial charge in [-0.3, -0.25) is 0 Å². The lowest BCUT2D eigenvalue weighted by Gasteiger charge is -1.99. The van der Waals surface area contributed by atoms with Crippen LogP contribution >= 0.6 is 0 Å². The summed E-state index contributed by atoms with van der Waals surface area (Å²) in [6.45, 7) is 1.91. The molecule has 3 nitrogen and oxygen atoms in total. The number of aryl methyl sites for hydroxylation is 1. The standard InChI is InChI=1S/C12H10N2O/c1-7-6-9-8-4-2-3-5-10(8)14-12(13)11(9)15-7/h2-6H,1H3,(H2,13,14). The minimum Gasteiger partial charge on any atom is -0.457 e. The smallest absolute Gasteiger partial charge is 0.176 e. The van der Waals surface area contributed by atoms with E-state index < -0.39 is 0 Å². The second-order valence-electron chi connectivity index (χ2n) is 3.61. The average molecular weight is 198 g/mol. The topological polar surface area (TPSA) is 52.0 Å². The molecule has 2 heterocycles. The largest absolute Gasteiger partial charge is 0.457 e. The van der Waals surface area contributed by atoms with E-state index >= 15 is 0 Å². The van der Waals surface area contributed by atoms with Gasteiger partial charge < -0.3 is 10.2 Å². The first-order valence-electron chi connectivity index (χ1n) is 4.80. The molecule has 0 bridgehead atoms. The van der Waals surface area contributed by atoms with Crippen molar-refractivity contribution >= 4 is 27.7 Å². The van der Waals surface area contributed by atoms with Crippen molar-refractivity contribution in [2.75, 3.05) is 5.73 Å². The van der Waals surface area contributed by atoms with Crippen molar-refractivity contribution in [3.05, 3.63) is 36.1 Å². The van der Waals surface area contributed by atoms with E-state index in [9.17, 15) is 0 Å². The van der Waals surface area contributed by atoms with Crippen LogP contribution < -0.4 is 5.73 Å². The molecule has 0 aliphatic heterocycles. The zero-order chi connectivity index (χ0) is 10.4. The summed E-state index contributed by atoms with van der Waals surface area (Å²) in [6, 6.07) is 9.91. The van der Waals surface area contributed by atoms with Gasteiger partial charge in [-0.15, -0.1) is 0 Å². The van der Waals surface area contributed by atoms with E-state index in [1.54, 1.807) is 0 Å². The highest BCUT2D eigenvalue weighted by Crippen LogP contribution is 2.29. The Labute approximate surface area is 86.5 Å². The molecule has 0 saturated heterocycles. The van der Waals surface area contributed by atoms with Gasteiger partial charge in [-0.25, -0.2) is 4.98 Å². The van der Waals surface area contributed by atoms with Crippen molar-refractivity contribution in [2.45, 2.75) is 6.92 Å². The first-order valence-corrected chi connectivity index (χ1v) is 4.80. The lowest BCUT2D eigenvalue weighted by molar-refractivity contribution is 0.579. The molecule has 2 aromatic heterocycles. The molecular weight excluding hydrogens is 188 g/mol. The number of rotatable bonds is 0. The maximum absolute atomic E-state index is 5.83. The molecule has 0 atom stereocenters. The summed E-state index contributed by atoms with van der Waals surface area (Å²) in [6.07, 6.45) is 0. The van der Waals surface area contributed by atoms with Crippen LogP contribution in [-0.2, 0) is 0 Å². The number of pyridine rings is 1. The summed E-state index contributed by atoms with van der Waals surface area (Å²) in [4.78, 5) is 4.30. The third-order valence-corrected chi connectivity index (χ3v) is 2.52. The van der Waals surface area contributed by atoms with Crippen LogP contribution in [0.1, 0.15) is 5.76 Å². The molecule has 0 spiro atoms. The molecule has 0 fully saturated rings. The highest BCUT2D eigenvalue weighted by atomic mass is 16.3. The Morgan fingerprint density at radius 2 is 2.00 bits per heavy atom. The third-order valence-electron chi connectivity index (χ3n) is 2.52. The normalized spacial score (nSPS) is 11.3. The first kappa shape index (κ1) is 8.29. The van der Waals surface area contributed by atoms with Crippen LogP contribution in [0, 0.1) is 6.92 Å². The molecule has 0 amide bonds. The van der Waals surface area contributed by atoms with Gasteiger partial charge in [0.25, 0.3) is 0 Å². The van der Waals surface area contributed by atoms with Crippen LogP contribution in [0.4, 0.5) is 5.82 Å². The molecule has 15 heavy (non-hydrogen) atoms. The monoisotopic (exact) mass is 198 g/mol. The van der Waals surface area contributed by atoms with Gasteiger partial charge in [0.1, 0.15) is 5.76 Å². The maximum Gasteiger partial charge on any atom is 0.176 e. The van der Waals surface area contributed by atoms with E-state index in [1.807, 2.05) is 37.3 Å². The summed E-state index contributed by atoms with van der Waals surface area (Å²) in [7, 11) is 0. The number of aromatic nitrogens is 1. The quantitative estimate of drug-likeness (QED) is 0.604. The van der Waals surface area contributed by atoms with E-state index in [0.29, 0.717) is 11.4 Å². The number of para-hydroxylation sites is 1. The van der Waals surface area contributed by atoms with Crippen LogP contribution in [0.5, 0.6) is 0 Å². The van der Waals surface area contributed by atoms with E-state index in [-0.39, 0.29) is 0 Å². The number of nitrogen functional groups attached to an aromatic ring is 1. The van der Waals surface area contributed by atoms with Gasteiger partial charge in [0.05, 0.1) is 5.52 Å². The Hall–Kier alpha value is -2.03. The molecule has 0 saturated carbocycles. The predicted molar refractivity (Wildman–Crippen MR) is 60.7 cm³/mol. The Kier molecular flexibility index (Phi) is 1.51. The van der Waals surface area contributed by atoms with Crippen LogP contribution in [0.25, 0.3) is 21.9 Å². The van der Waals surface area contributed by atoms with Crippen molar-refractivity contribution in [3.8, 4) is 0 Å². The molecule has 1 aromatic carbocycles. The fourth-order valence-corrected chi connectivity index (χ4v) is 1.88. The number of nitrogens with two attached hydrogens (primary N) is 1. The number of benzene rings is 1. The van der Waals surface area contributed by atoms with E-state index in [0.717, 1.165) is 22.0 Å². The number of hydrogen-bond donors (Lipinski definition) is 1. The van der Waals surface area contributed by atoms with Gasteiger partial charge in [0.2, 0.25) is 0 Å². The molecule has 0 unspecified atom stereocenters. The number of fused-ring (bicyclic) bond motifs is 3. The zero-order valence-electron chi connectivity index (χ0n) is 8.32. The minimum absolute atomic E-state index is 0.455. The summed E-state index contributed by atoms with van der Waals surface area (Å²) in [5.74, 6) is 1.31. The third kappa shape index (κ3) is 1.09. The van der Waals surface area contributed by atoms with Gasteiger partial charge in [0.15, 0.2) is 11.4 Å². The van der Waals surface area contributed by atoms with Crippen LogP contribution in [0.15, 0.2) is 34.7 Å². The van der Waals surface area contributed by atoms with Crippen molar-refractivity contribution in [2.24, 2.45) is 0 Å². The van der Waals surface area contributed by atoms with E-state index in [2.05, 4.69) is 4.98 Å². The molecule has 0 radical (unpaired) electrons. The molecule has 3 aromatic rings. The van der Waals surface area contributed by atoms with Gasteiger partial charge >= 0.3 is 0 Å². The Balaban J connectivity index is 2.63. The van der Waals surface area contributed by atoms with Crippen molar-refractivity contribution in [1.82, 2.24) is 4.98 Å².